The lowest BCUT2D eigenvalue weighted by atomic mass is 10.1. The molecule has 1 fully saturated rings. The summed E-state index contributed by atoms with van der Waals surface area (Å²) in [6, 6.07) is 25.1. The van der Waals surface area contributed by atoms with Crippen LogP contribution in [0.2, 0.25) is 0 Å². The van der Waals surface area contributed by atoms with Crippen molar-refractivity contribution in [3.05, 3.63) is 108 Å². The first-order valence-corrected chi connectivity index (χ1v) is 12.9. The number of para-hydroxylation sites is 1. The summed E-state index contributed by atoms with van der Waals surface area (Å²) in [6.45, 7) is 4.00. The zero-order valence-electron chi connectivity index (χ0n) is 22.9. The Bertz CT molecular complexity index is 1100. The summed E-state index contributed by atoms with van der Waals surface area (Å²) in [6.07, 6.45) is 11.9. The number of rotatable bonds is 9. The van der Waals surface area contributed by atoms with Gasteiger partial charge in [0.25, 0.3) is 0 Å². The zero-order chi connectivity index (χ0) is 28.0. The Balaban J connectivity index is 0.000000283. The molecule has 0 aromatic heterocycles. The van der Waals surface area contributed by atoms with Crippen LogP contribution in [0.3, 0.4) is 0 Å². The fourth-order valence-corrected chi connectivity index (χ4v) is 3.36. The minimum absolute atomic E-state index is 0.771. The van der Waals surface area contributed by atoms with Crippen molar-refractivity contribution in [3.8, 4) is 11.5 Å². The largest absolute Gasteiger partial charge is 0.493 e. The van der Waals surface area contributed by atoms with E-state index in [1.807, 2.05) is 86.6 Å². The second kappa shape index (κ2) is 20.0. The molecule has 0 saturated heterocycles. The highest BCUT2D eigenvalue weighted by molar-refractivity contribution is 5.85. The van der Waals surface area contributed by atoms with Crippen LogP contribution in [0, 0.1) is 5.92 Å². The first kappa shape index (κ1) is 31.9. The van der Waals surface area contributed by atoms with E-state index in [9.17, 15) is 9.59 Å². The molecule has 4 rings (SSSR count). The molecule has 0 aliphatic heterocycles. The van der Waals surface area contributed by atoms with Crippen LogP contribution in [0.5, 0.6) is 11.5 Å². The third kappa shape index (κ3) is 13.8. The van der Waals surface area contributed by atoms with Crippen molar-refractivity contribution >= 4 is 24.4 Å². The van der Waals surface area contributed by atoms with Crippen LogP contribution >= 0.6 is 0 Å². The van der Waals surface area contributed by atoms with Crippen LogP contribution in [0.4, 0.5) is 0 Å². The SMILES string of the molecule is CC.COc1cccc(CCC2CC2)c1OC.O=C(O)/C=C/c1ccccc1.O=C/C=C/c1ccccc1. The van der Waals surface area contributed by atoms with Gasteiger partial charge in [-0.25, -0.2) is 4.79 Å². The number of carbonyl (C=O) groups is 2. The molecule has 0 unspecified atom stereocenters. The van der Waals surface area contributed by atoms with E-state index >= 15 is 0 Å². The fourth-order valence-electron chi connectivity index (χ4n) is 3.36. The van der Waals surface area contributed by atoms with Gasteiger partial charge in [-0.3, -0.25) is 4.79 Å². The van der Waals surface area contributed by atoms with Crippen molar-refractivity contribution in [1.29, 1.82) is 0 Å². The molecule has 1 aliphatic carbocycles. The highest BCUT2D eigenvalue weighted by atomic mass is 16.5. The van der Waals surface area contributed by atoms with E-state index in [4.69, 9.17) is 14.6 Å². The minimum Gasteiger partial charge on any atom is -0.493 e. The zero-order valence-corrected chi connectivity index (χ0v) is 22.9. The Morgan fingerprint density at radius 3 is 1.89 bits per heavy atom. The van der Waals surface area contributed by atoms with Gasteiger partial charge in [-0.05, 0) is 53.7 Å². The van der Waals surface area contributed by atoms with Gasteiger partial charge in [0.2, 0.25) is 0 Å². The Morgan fingerprint density at radius 1 is 0.842 bits per heavy atom. The second-order valence-corrected chi connectivity index (χ2v) is 8.12. The van der Waals surface area contributed by atoms with Crippen molar-refractivity contribution < 1.29 is 24.2 Å². The monoisotopic (exact) mass is 516 g/mol. The number of hydrogen-bond acceptors (Lipinski definition) is 4. The summed E-state index contributed by atoms with van der Waals surface area (Å²) in [5.41, 5.74) is 3.22. The van der Waals surface area contributed by atoms with Crippen LogP contribution in [0.25, 0.3) is 12.2 Å². The number of benzene rings is 3. The molecule has 0 radical (unpaired) electrons. The van der Waals surface area contributed by atoms with E-state index in [1.54, 1.807) is 26.4 Å². The Hall–Kier alpha value is -4.12. The molecule has 3 aromatic rings. The van der Waals surface area contributed by atoms with E-state index in [0.29, 0.717) is 0 Å². The lowest BCUT2D eigenvalue weighted by Crippen LogP contribution is -1.96. The van der Waals surface area contributed by atoms with Gasteiger partial charge in [-0.2, -0.15) is 0 Å². The van der Waals surface area contributed by atoms with Gasteiger partial charge >= 0.3 is 5.97 Å². The number of ether oxygens (including phenoxy) is 2. The quantitative estimate of drug-likeness (QED) is 0.232. The van der Waals surface area contributed by atoms with Crippen LogP contribution in [0.15, 0.2) is 91.0 Å². The van der Waals surface area contributed by atoms with Crippen LogP contribution in [-0.4, -0.2) is 31.6 Å². The summed E-state index contributed by atoms with van der Waals surface area (Å²) in [5, 5.41) is 8.29. The van der Waals surface area contributed by atoms with Gasteiger partial charge in [0.1, 0.15) is 6.29 Å². The van der Waals surface area contributed by atoms with Crippen LogP contribution < -0.4 is 9.47 Å². The first-order chi connectivity index (χ1) is 18.6. The molecule has 1 saturated carbocycles. The Morgan fingerprint density at radius 2 is 1.42 bits per heavy atom. The van der Waals surface area contributed by atoms with Gasteiger partial charge in [0.15, 0.2) is 11.5 Å². The number of allylic oxidation sites excluding steroid dienone is 1. The fraction of sp³-hybridized carbons (Fsp3) is 0.273. The smallest absolute Gasteiger partial charge is 0.328 e. The number of methoxy groups -OCH3 is 2. The molecular weight excluding hydrogens is 476 g/mol. The maximum absolute atomic E-state index is 10.1. The topological polar surface area (TPSA) is 72.8 Å². The van der Waals surface area contributed by atoms with Gasteiger partial charge in [-0.15, -0.1) is 0 Å². The van der Waals surface area contributed by atoms with Crippen LogP contribution in [-0.2, 0) is 16.0 Å². The number of hydrogen-bond donors (Lipinski definition) is 1. The predicted molar refractivity (Wildman–Crippen MR) is 157 cm³/mol. The van der Waals surface area contributed by atoms with Gasteiger partial charge < -0.3 is 14.6 Å². The molecule has 0 bridgehead atoms. The third-order valence-electron chi connectivity index (χ3n) is 5.39. The minimum atomic E-state index is -0.922. The number of carboxylic acids is 1. The summed E-state index contributed by atoms with van der Waals surface area (Å²) in [7, 11) is 3.39. The first-order valence-electron chi connectivity index (χ1n) is 12.9. The van der Waals surface area contributed by atoms with Gasteiger partial charge in [-0.1, -0.05) is 106 Å². The standard InChI is InChI=1S/C13H18O2.C9H8O2.C9H8O.C2H6/c1-14-12-5-3-4-11(13(12)15-2)9-8-10-6-7-10;10-9(11)7-6-8-4-2-1-3-5-8;10-8-4-7-9-5-2-1-3-6-9;1-2/h3-5,10H,6-9H2,1-2H3;1-7H,(H,10,11);1-8H;1-2H3/b;7-6+;7-4+;. The summed E-state index contributed by atoms with van der Waals surface area (Å²) in [4.78, 5) is 20.0. The molecule has 3 aromatic carbocycles. The molecule has 0 amide bonds. The molecule has 5 heteroatoms. The molecule has 1 aliphatic rings. The van der Waals surface area contributed by atoms with E-state index < -0.39 is 5.97 Å². The average molecular weight is 517 g/mol. The molecule has 0 atom stereocenters. The maximum atomic E-state index is 10.1. The predicted octanol–water partition coefficient (Wildman–Crippen LogP) is 7.76. The lowest BCUT2D eigenvalue weighted by Gasteiger charge is -2.12. The summed E-state index contributed by atoms with van der Waals surface area (Å²) < 4.78 is 10.7. The van der Waals surface area contributed by atoms with Crippen LogP contribution in [0.1, 0.15) is 49.8 Å². The number of carbonyl (C=O) groups excluding carboxylic acids is 1. The number of aryl methyl sites for hydroxylation is 1. The van der Waals surface area contributed by atoms with Crippen molar-refractivity contribution in [2.75, 3.05) is 14.2 Å². The van der Waals surface area contributed by atoms with E-state index in [2.05, 4.69) is 6.07 Å². The van der Waals surface area contributed by atoms with Gasteiger partial charge in [0.05, 0.1) is 14.2 Å². The average Bonchev–Trinajstić information content (AvgIpc) is 3.81. The van der Waals surface area contributed by atoms with Crippen molar-refractivity contribution in [2.45, 2.75) is 39.5 Å². The number of aliphatic carboxylic acids is 1. The summed E-state index contributed by atoms with van der Waals surface area (Å²) in [5.74, 6) is 1.78. The summed E-state index contributed by atoms with van der Waals surface area (Å²) >= 11 is 0. The lowest BCUT2D eigenvalue weighted by molar-refractivity contribution is -0.131. The third-order valence-corrected chi connectivity index (χ3v) is 5.39. The number of carboxylic acid groups (broad SMARTS) is 1. The maximum Gasteiger partial charge on any atom is 0.328 e. The normalized spacial score (nSPS) is 11.7. The molecular formula is C33H40O5. The van der Waals surface area contributed by atoms with Crippen molar-refractivity contribution in [2.24, 2.45) is 5.92 Å². The van der Waals surface area contributed by atoms with Gasteiger partial charge in [0, 0.05) is 6.08 Å². The van der Waals surface area contributed by atoms with E-state index in [0.717, 1.165) is 47.3 Å². The Labute approximate surface area is 227 Å². The van der Waals surface area contributed by atoms with E-state index in [-0.39, 0.29) is 0 Å². The number of aldehydes is 1. The molecule has 202 valence electrons. The molecule has 0 heterocycles. The highest BCUT2D eigenvalue weighted by Gasteiger charge is 2.21. The Kier molecular flexibility index (Phi) is 16.8. The molecule has 38 heavy (non-hydrogen) atoms. The highest BCUT2D eigenvalue weighted by Crippen LogP contribution is 2.37. The van der Waals surface area contributed by atoms with E-state index in [1.165, 1.54) is 30.9 Å². The van der Waals surface area contributed by atoms with Crippen molar-refractivity contribution in [1.82, 2.24) is 0 Å². The molecule has 0 spiro atoms. The second-order valence-electron chi connectivity index (χ2n) is 8.12. The van der Waals surface area contributed by atoms with Crippen molar-refractivity contribution in [3.63, 3.8) is 0 Å². The molecule has 5 nitrogen and oxygen atoms in total. The molecule has 1 N–H and O–H groups in total.